The van der Waals surface area contributed by atoms with Crippen molar-refractivity contribution in [3.8, 4) is 0 Å². The standard InChI is InChI=1S/C8H9FN2O2/c1-10(2)6-4-3-5-7(8(6)9)11(12)13/h3-5H,1-2H3. The molecule has 0 aliphatic heterocycles. The molecule has 1 aromatic carbocycles. The number of nitro benzene ring substituents is 1. The largest absolute Gasteiger partial charge is 0.375 e. The lowest BCUT2D eigenvalue weighted by atomic mass is 10.2. The summed E-state index contributed by atoms with van der Waals surface area (Å²) in [6.07, 6.45) is 0. The lowest BCUT2D eigenvalue weighted by Gasteiger charge is -2.12. The van der Waals surface area contributed by atoms with Crippen LogP contribution in [0.4, 0.5) is 15.8 Å². The number of anilines is 1. The Labute approximate surface area is 74.7 Å². The average Bonchev–Trinajstić information content (AvgIpc) is 2.03. The van der Waals surface area contributed by atoms with E-state index in [-0.39, 0.29) is 5.69 Å². The summed E-state index contributed by atoms with van der Waals surface area (Å²) in [6, 6.07) is 4.08. The molecular formula is C8H9FN2O2. The van der Waals surface area contributed by atoms with Crippen molar-refractivity contribution in [3.05, 3.63) is 34.1 Å². The minimum Gasteiger partial charge on any atom is -0.375 e. The Kier molecular flexibility index (Phi) is 2.46. The second-order valence-electron chi connectivity index (χ2n) is 2.76. The Hall–Kier alpha value is -1.65. The number of halogens is 1. The maximum Gasteiger partial charge on any atom is 0.306 e. The lowest BCUT2D eigenvalue weighted by molar-refractivity contribution is -0.387. The highest BCUT2D eigenvalue weighted by Gasteiger charge is 2.17. The van der Waals surface area contributed by atoms with Crippen LogP contribution in [-0.2, 0) is 0 Å². The van der Waals surface area contributed by atoms with Crippen LogP contribution in [0.2, 0.25) is 0 Å². The van der Waals surface area contributed by atoms with Crippen molar-refractivity contribution in [1.82, 2.24) is 0 Å². The fraction of sp³-hybridized carbons (Fsp3) is 0.250. The molecule has 0 bridgehead atoms. The summed E-state index contributed by atoms with van der Waals surface area (Å²) >= 11 is 0. The molecule has 0 spiro atoms. The van der Waals surface area contributed by atoms with Crippen LogP contribution < -0.4 is 4.90 Å². The third-order valence-electron chi connectivity index (χ3n) is 1.64. The van der Waals surface area contributed by atoms with E-state index in [1.165, 1.54) is 17.0 Å². The third-order valence-corrected chi connectivity index (χ3v) is 1.64. The number of nitro groups is 1. The molecule has 0 saturated heterocycles. The van der Waals surface area contributed by atoms with Crippen molar-refractivity contribution < 1.29 is 9.31 Å². The van der Waals surface area contributed by atoms with Gasteiger partial charge in [-0.25, -0.2) is 0 Å². The first kappa shape index (κ1) is 9.44. The van der Waals surface area contributed by atoms with Crippen molar-refractivity contribution in [2.45, 2.75) is 0 Å². The maximum atomic E-state index is 13.3. The Bertz CT molecular complexity index is 339. The van der Waals surface area contributed by atoms with Gasteiger partial charge in [0.15, 0.2) is 0 Å². The van der Waals surface area contributed by atoms with E-state index in [2.05, 4.69) is 0 Å². The van der Waals surface area contributed by atoms with Gasteiger partial charge >= 0.3 is 5.69 Å². The van der Waals surface area contributed by atoms with Crippen molar-refractivity contribution in [2.24, 2.45) is 0 Å². The van der Waals surface area contributed by atoms with E-state index in [1.807, 2.05) is 0 Å². The molecule has 1 rings (SSSR count). The molecule has 0 atom stereocenters. The molecule has 0 aliphatic rings. The van der Waals surface area contributed by atoms with Gasteiger partial charge in [0.2, 0.25) is 5.82 Å². The van der Waals surface area contributed by atoms with Crippen LogP contribution in [-0.4, -0.2) is 19.0 Å². The predicted molar refractivity (Wildman–Crippen MR) is 47.4 cm³/mol. The van der Waals surface area contributed by atoms with Crippen molar-refractivity contribution >= 4 is 11.4 Å². The SMILES string of the molecule is CN(C)c1cccc([N+](=O)[O-])c1F. The zero-order chi connectivity index (χ0) is 10.0. The van der Waals surface area contributed by atoms with E-state index in [9.17, 15) is 14.5 Å². The minimum absolute atomic E-state index is 0.217. The summed E-state index contributed by atoms with van der Waals surface area (Å²) in [5.74, 6) is -0.794. The van der Waals surface area contributed by atoms with Crippen molar-refractivity contribution in [3.63, 3.8) is 0 Å². The fourth-order valence-electron chi connectivity index (χ4n) is 0.994. The Morgan fingerprint density at radius 1 is 1.46 bits per heavy atom. The van der Waals surface area contributed by atoms with Crippen molar-refractivity contribution in [2.75, 3.05) is 19.0 Å². The first-order chi connectivity index (χ1) is 6.04. The number of nitrogens with zero attached hydrogens (tertiary/aromatic N) is 2. The van der Waals surface area contributed by atoms with Gasteiger partial charge in [-0.2, -0.15) is 4.39 Å². The molecule has 0 heterocycles. The Morgan fingerprint density at radius 2 is 2.08 bits per heavy atom. The summed E-state index contributed by atoms with van der Waals surface area (Å²) in [5, 5.41) is 10.3. The smallest absolute Gasteiger partial charge is 0.306 e. The molecule has 0 fully saturated rings. The lowest BCUT2D eigenvalue weighted by Crippen LogP contribution is -2.11. The summed E-state index contributed by atoms with van der Waals surface area (Å²) in [5.41, 5.74) is -0.277. The Morgan fingerprint density at radius 3 is 2.54 bits per heavy atom. The van der Waals surface area contributed by atoms with Crippen LogP contribution >= 0.6 is 0 Å². The number of hydrogen-bond acceptors (Lipinski definition) is 3. The second kappa shape index (κ2) is 3.38. The van der Waals surface area contributed by atoms with E-state index in [0.29, 0.717) is 0 Å². The highest BCUT2D eigenvalue weighted by atomic mass is 19.1. The van der Waals surface area contributed by atoms with Crippen LogP contribution in [0.3, 0.4) is 0 Å². The second-order valence-corrected chi connectivity index (χ2v) is 2.76. The fourth-order valence-corrected chi connectivity index (χ4v) is 0.994. The molecule has 0 saturated carbocycles. The van der Waals surface area contributed by atoms with Gasteiger partial charge in [-0.05, 0) is 6.07 Å². The molecule has 70 valence electrons. The molecule has 1 aromatic rings. The number of hydrogen-bond donors (Lipinski definition) is 0. The molecular weight excluding hydrogens is 175 g/mol. The molecule has 13 heavy (non-hydrogen) atoms. The van der Waals surface area contributed by atoms with Crippen molar-refractivity contribution in [1.29, 1.82) is 0 Å². The molecule has 0 aromatic heterocycles. The topological polar surface area (TPSA) is 46.4 Å². The molecule has 5 heteroatoms. The van der Waals surface area contributed by atoms with Gasteiger partial charge in [-0.1, -0.05) is 6.07 Å². The molecule has 4 nitrogen and oxygen atoms in total. The predicted octanol–water partition coefficient (Wildman–Crippen LogP) is 1.80. The average molecular weight is 184 g/mol. The van der Waals surface area contributed by atoms with Crippen LogP contribution in [0, 0.1) is 15.9 Å². The highest BCUT2D eigenvalue weighted by Crippen LogP contribution is 2.25. The van der Waals surface area contributed by atoms with Crippen LogP contribution in [0.1, 0.15) is 0 Å². The molecule has 0 amide bonds. The van der Waals surface area contributed by atoms with E-state index in [1.54, 1.807) is 14.1 Å². The monoisotopic (exact) mass is 184 g/mol. The summed E-state index contributed by atoms with van der Waals surface area (Å²) in [7, 11) is 3.25. The minimum atomic E-state index is -0.794. The zero-order valence-electron chi connectivity index (χ0n) is 7.32. The van der Waals surface area contributed by atoms with Gasteiger partial charge in [0.25, 0.3) is 0 Å². The van der Waals surface area contributed by atoms with Gasteiger partial charge in [0.1, 0.15) is 0 Å². The van der Waals surface area contributed by atoms with E-state index in [4.69, 9.17) is 0 Å². The summed E-state index contributed by atoms with van der Waals surface area (Å²) < 4.78 is 13.3. The van der Waals surface area contributed by atoms with Gasteiger partial charge in [0.05, 0.1) is 10.6 Å². The molecule has 0 N–H and O–H groups in total. The summed E-state index contributed by atoms with van der Waals surface area (Å²) in [4.78, 5) is 11.1. The van der Waals surface area contributed by atoms with Gasteiger partial charge in [-0.15, -0.1) is 0 Å². The molecule has 0 radical (unpaired) electrons. The van der Waals surface area contributed by atoms with Crippen LogP contribution in [0.15, 0.2) is 18.2 Å². The third kappa shape index (κ3) is 1.74. The Balaban J connectivity index is 3.26. The zero-order valence-corrected chi connectivity index (χ0v) is 7.32. The quantitative estimate of drug-likeness (QED) is 0.520. The van der Waals surface area contributed by atoms with E-state index in [0.717, 1.165) is 6.07 Å². The van der Waals surface area contributed by atoms with Crippen LogP contribution in [0.5, 0.6) is 0 Å². The normalized spacial score (nSPS) is 9.77. The van der Waals surface area contributed by atoms with Gasteiger partial charge in [-0.3, -0.25) is 10.1 Å². The number of rotatable bonds is 2. The molecule has 0 unspecified atom stereocenters. The summed E-state index contributed by atoms with van der Waals surface area (Å²) in [6.45, 7) is 0. The first-order valence-corrected chi connectivity index (χ1v) is 3.64. The maximum absolute atomic E-state index is 13.3. The number of benzene rings is 1. The van der Waals surface area contributed by atoms with Gasteiger partial charge in [0, 0.05) is 20.2 Å². The van der Waals surface area contributed by atoms with Gasteiger partial charge < -0.3 is 4.90 Å². The first-order valence-electron chi connectivity index (χ1n) is 3.64. The van der Waals surface area contributed by atoms with E-state index < -0.39 is 16.4 Å². The van der Waals surface area contributed by atoms with Crippen LogP contribution in [0.25, 0.3) is 0 Å². The molecule has 0 aliphatic carbocycles. The highest BCUT2D eigenvalue weighted by molar-refractivity contribution is 5.53. The van der Waals surface area contributed by atoms with E-state index >= 15 is 0 Å².